The molecule has 0 aliphatic rings. The van der Waals surface area contributed by atoms with E-state index in [0.29, 0.717) is 0 Å². The summed E-state index contributed by atoms with van der Waals surface area (Å²) in [5.41, 5.74) is 0. The Morgan fingerprint density at radius 1 is 1.43 bits per heavy atom. The standard InChI is InChI=1S/C5H12OS/c1-3-6-5-7-4-2/h3-5H2,1-2H3. The second-order valence-electron chi connectivity index (χ2n) is 1.10. The monoisotopic (exact) mass is 120 g/mol. The predicted molar refractivity (Wildman–Crippen MR) is 34.6 cm³/mol. The molecule has 0 radical (unpaired) electrons. The molecule has 2 heteroatoms. The van der Waals surface area contributed by atoms with E-state index in [1.165, 1.54) is 0 Å². The van der Waals surface area contributed by atoms with E-state index in [1.807, 2.05) is 18.7 Å². The first-order valence-corrected chi connectivity index (χ1v) is 3.72. The number of rotatable bonds is 4. The molecule has 0 N–H and O–H groups in total. The van der Waals surface area contributed by atoms with Gasteiger partial charge >= 0.3 is 0 Å². The first kappa shape index (κ1) is 7.31. The van der Waals surface area contributed by atoms with E-state index in [9.17, 15) is 0 Å². The second-order valence-corrected chi connectivity index (χ2v) is 2.32. The van der Waals surface area contributed by atoms with Crippen LogP contribution in [0.2, 0.25) is 0 Å². The Balaban J connectivity index is 2.45. The third kappa shape index (κ3) is 6.31. The van der Waals surface area contributed by atoms with Gasteiger partial charge in [-0.3, -0.25) is 0 Å². The molecular formula is C5H12OS. The normalized spacial score (nSPS) is 9.43. The van der Waals surface area contributed by atoms with Gasteiger partial charge in [-0.1, -0.05) is 6.92 Å². The number of hydrogen-bond acceptors (Lipinski definition) is 2. The van der Waals surface area contributed by atoms with Gasteiger partial charge in [0.1, 0.15) is 0 Å². The predicted octanol–water partition coefficient (Wildman–Crippen LogP) is 1.73. The van der Waals surface area contributed by atoms with Crippen molar-refractivity contribution in [3.8, 4) is 0 Å². The summed E-state index contributed by atoms with van der Waals surface area (Å²) >= 11 is 1.81. The van der Waals surface area contributed by atoms with E-state index in [4.69, 9.17) is 4.74 Å². The topological polar surface area (TPSA) is 9.23 Å². The molecule has 0 spiro atoms. The average Bonchev–Trinajstić information content (AvgIpc) is 1.69. The van der Waals surface area contributed by atoms with E-state index < -0.39 is 0 Å². The van der Waals surface area contributed by atoms with E-state index in [2.05, 4.69) is 6.92 Å². The number of thioether (sulfide) groups is 1. The van der Waals surface area contributed by atoms with Gasteiger partial charge in [-0.15, -0.1) is 11.8 Å². The molecule has 0 unspecified atom stereocenters. The van der Waals surface area contributed by atoms with Crippen molar-refractivity contribution < 1.29 is 4.74 Å². The first-order valence-electron chi connectivity index (χ1n) is 2.57. The maximum Gasteiger partial charge on any atom is 0.0920 e. The van der Waals surface area contributed by atoms with Gasteiger partial charge in [-0.2, -0.15) is 0 Å². The highest BCUT2D eigenvalue weighted by atomic mass is 32.2. The van der Waals surface area contributed by atoms with Gasteiger partial charge in [0.05, 0.1) is 5.94 Å². The van der Waals surface area contributed by atoms with Crippen LogP contribution in [0.15, 0.2) is 0 Å². The molecule has 7 heavy (non-hydrogen) atoms. The van der Waals surface area contributed by atoms with Crippen LogP contribution in [0.25, 0.3) is 0 Å². The third-order valence-electron chi connectivity index (χ3n) is 0.575. The molecule has 0 saturated carbocycles. The van der Waals surface area contributed by atoms with Crippen LogP contribution < -0.4 is 0 Å². The molecular weight excluding hydrogens is 108 g/mol. The zero-order chi connectivity index (χ0) is 5.54. The lowest BCUT2D eigenvalue weighted by Crippen LogP contribution is -1.87. The minimum absolute atomic E-state index is 0.840. The second kappa shape index (κ2) is 6.31. The molecule has 44 valence electrons. The van der Waals surface area contributed by atoms with Crippen LogP contribution in [0.3, 0.4) is 0 Å². The minimum atomic E-state index is 0.840. The van der Waals surface area contributed by atoms with Gasteiger partial charge in [0.25, 0.3) is 0 Å². The number of hydrogen-bond donors (Lipinski definition) is 0. The first-order chi connectivity index (χ1) is 3.41. The van der Waals surface area contributed by atoms with Crippen LogP contribution in [0.1, 0.15) is 13.8 Å². The van der Waals surface area contributed by atoms with Gasteiger partial charge in [0.2, 0.25) is 0 Å². The van der Waals surface area contributed by atoms with Gasteiger partial charge in [0.15, 0.2) is 0 Å². The molecule has 0 rings (SSSR count). The number of ether oxygens (including phenoxy) is 1. The highest BCUT2D eigenvalue weighted by molar-refractivity contribution is 7.99. The summed E-state index contributed by atoms with van der Waals surface area (Å²) in [5, 5.41) is 0. The maximum atomic E-state index is 5.04. The Morgan fingerprint density at radius 3 is 2.57 bits per heavy atom. The Kier molecular flexibility index (Phi) is 6.59. The summed E-state index contributed by atoms with van der Waals surface area (Å²) < 4.78 is 5.04. The highest BCUT2D eigenvalue weighted by Gasteiger charge is 1.78. The zero-order valence-electron chi connectivity index (χ0n) is 4.94. The summed E-state index contributed by atoms with van der Waals surface area (Å²) in [7, 11) is 0. The molecule has 0 aromatic heterocycles. The van der Waals surface area contributed by atoms with E-state index >= 15 is 0 Å². The van der Waals surface area contributed by atoms with Crippen molar-refractivity contribution in [3.63, 3.8) is 0 Å². The smallest absolute Gasteiger partial charge is 0.0920 e. The van der Waals surface area contributed by atoms with Crippen LogP contribution in [0, 0.1) is 0 Å². The Bertz CT molecular complexity index is 27.3. The fraction of sp³-hybridized carbons (Fsp3) is 1.00. The van der Waals surface area contributed by atoms with Crippen molar-refractivity contribution >= 4 is 11.8 Å². The average molecular weight is 120 g/mol. The van der Waals surface area contributed by atoms with E-state index in [-0.39, 0.29) is 0 Å². The SMILES string of the molecule is CCOCSCC. The van der Waals surface area contributed by atoms with Crippen LogP contribution >= 0.6 is 11.8 Å². The lowest BCUT2D eigenvalue weighted by molar-refractivity contribution is 0.199. The van der Waals surface area contributed by atoms with Crippen molar-refractivity contribution in [2.45, 2.75) is 13.8 Å². The van der Waals surface area contributed by atoms with Gasteiger partial charge in [-0.05, 0) is 12.7 Å². The van der Waals surface area contributed by atoms with E-state index in [0.717, 1.165) is 18.3 Å². The fourth-order valence-electron chi connectivity index (χ4n) is 0.226. The van der Waals surface area contributed by atoms with Crippen LogP contribution in [-0.2, 0) is 4.74 Å². The van der Waals surface area contributed by atoms with Crippen molar-refractivity contribution in [2.24, 2.45) is 0 Å². The summed E-state index contributed by atoms with van der Waals surface area (Å²) in [6.45, 7) is 4.98. The van der Waals surface area contributed by atoms with Crippen LogP contribution in [0.5, 0.6) is 0 Å². The minimum Gasteiger partial charge on any atom is -0.371 e. The molecule has 0 heterocycles. The van der Waals surface area contributed by atoms with Crippen molar-refractivity contribution in [1.29, 1.82) is 0 Å². The van der Waals surface area contributed by atoms with Crippen LogP contribution in [-0.4, -0.2) is 18.3 Å². The molecule has 0 saturated heterocycles. The van der Waals surface area contributed by atoms with Crippen molar-refractivity contribution in [2.75, 3.05) is 18.3 Å². The summed E-state index contributed by atoms with van der Waals surface area (Å²) in [6.07, 6.45) is 0. The largest absolute Gasteiger partial charge is 0.371 e. The Hall–Kier alpha value is 0.310. The highest BCUT2D eigenvalue weighted by Crippen LogP contribution is 1.96. The van der Waals surface area contributed by atoms with Gasteiger partial charge < -0.3 is 4.74 Å². The molecule has 0 amide bonds. The molecule has 0 aromatic carbocycles. The Morgan fingerprint density at radius 2 is 2.14 bits per heavy atom. The van der Waals surface area contributed by atoms with Crippen LogP contribution in [0.4, 0.5) is 0 Å². The summed E-state index contributed by atoms with van der Waals surface area (Å²) in [6, 6.07) is 0. The Labute approximate surface area is 49.4 Å². The lowest BCUT2D eigenvalue weighted by Gasteiger charge is -1.94. The van der Waals surface area contributed by atoms with E-state index in [1.54, 1.807) is 0 Å². The zero-order valence-corrected chi connectivity index (χ0v) is 5.75. The fourth-order valence-corrected chi connectivity index (χ4v) is 0.677. The molecule has 0 aromatic rings. The molecule has 0 atom stereocenters. The molecule has 0 fully saturated rings. The maximum absolute atomic E-state index is 5.04. The van der Waals surface area contributed by atoms with Gasteiger partial charge in [0, 0.05) is 6.61 Å². The summed E-state index contributed by atoms with van der Waals surface area (Å²) in [5.74, 6) is 2.01. The summed E-state index contributed by atoms with van der Waals surface area (Å²) in [4.78, 5) is 0. The molecule has 0 bridgehead atoms. The third-order valence-corrected chi connectivity index (χ3v) is 1.32. The van der Waals surface area contributed by atoms with Gasteiger partial charge in [-0.25, -0.2) is 0 Å². The molecule has 0 aliphatic carbocycles. The van der Waals surface area contributed by atoms with Crippen molar-refractivity contribution in [3.05, 3.63) is 0 Å². The van der Waals surface area contributed by atoms with Crippen molar-refractivity contribution in [1.82, 2.24) is 0 Å². The lowest BCUT2D eigenvalue weighted by atomic mass is 10.9. The molecule has 1 nitrogen and oxygen atoms in total. The molecule has 0 aliphatic heterocycles. The quantitative estimate of drug-likeness (QED) is 0.413.